The molecule has 0 unspecified atom stereocenters. The van der Waals surface area contributed by atoms with Gasteiger partial charge in [0.25, 0.3) is 5.91 Å². The lowest BCUT2D eigenvalue weighted by Crippen LogP contribution is -2.13. The zero-order valence-electron chi connectivity index (χ0n) is 16.0. The van der Waals surface area contributed by atoms with Crippen molar-refractivity contribution < 1.29 is 4.79 Å². The number of aromatic nitrogens is 3. The van der Waals surface area contributed by atoms with Crippen LogP contribution in [-0.4, -0.2) is 20.3 Å². The average Bonchev–Trinajstić information content (AvgIpc) is 3.21. The number of carbonyl (C=O) groups is 1. The van der Waals surface area contributed by atoms with E-state index in [1.54, 1.807) is 18.0 Å². The van der Waals surface area contributed by atoms with Crippen LogP contribution < -0.4 is 5.32 Å². The van der Waals surface area contributed by atoms with Gasteiger partial charge in [-0.05, 0) is 48.5 Å². The van der Waals surface area contributed by atoms with E-state index in [9.17, 15) is 4.79 Å². The first-order chi connectivity index (χ1) is 14.8. The van der Waals surface area contributed by atoms with Gasteiger partial charge in [0.2, 0.25) is 0 Å². The summed E-state index contributed by atoms with van der Waals surface area (Å²) in [4.78, 5) is 22.8. The Kier molecular flexibility index (Phi) is 4.91. The van der Waals surface area contributed by atoms with Gasteiger partial charge in [-0.2, -0.15) is 0 Å². The van der Waals surface area contributed by atoms with E-state index in [2.05, 4.69) is 15.3 Å². The number of hydrogen-bond acceptors (Lipinski definition) is 4. The lowest BCUT2D eigenvalue weighted by atomic mass is 10.1. The van der Waals surface area contributed by atoms with Crippen molar-refractivity contribution in [1.29, 1.82) is 0 Å². The van der Waals surface area contributed by atoms with Gasteiger partial charge in [0.15, 0.2) is 0 Å². The van der Waals surface area contributed by atoms with Crippen molar-refractivity contribution in [3.8, 4) is 0 Å². The Labute approximate surface area is 177 Å². The summed E-state index contributed by atoms with van der Waals surface area (Å²) in [5.41, 5.74) is 4.20. The Morgan fingerprint density at radius 3 is 2.83 bits per heavy atom. The van der Waals surface area contributed by atoms with E-state index in [0.717, 1.165) is 32.8 Å². The third-order valence-electron chi connectivity index (χ3n) is 4.78. The molecule has 5 rings (SSSR count). The van der Waals surface area contributed by atoms with E-state index in [1.165, 1.54) is 0 Å². The second-order valence-corrected chi connectivity index (χ2v) is 7.87. The molecule has 0 bridgehead atoms. The van der Waals surface area contributed by atoms with Gasteiger partial charge < -0.3 is 9.72 Å². The van der Waals surface area contributed by atoms with Crippen LogP contribution in [0.2, 0.25) is 0 Å². The predicted octanol–water partition coefficient (Wildman–Crippen LogP) is 5.43. The summed E-state index contributed by atoms with van der Waals surface area (Å²) in [6, 6.07) is 23.2. The number of nitrogens with one attached hydrogen (secondary N) is 1. The highest BCUT2D eigenvalue weighted by atomic mass is 32.2. The van der Waals surface area contributed by atoms with E-state index in [0.29, 0.717) is 11.3 Å². The summed E-state index contributed by atoms with van der Waals surface area (Å²) in [5, 5.41) is 4.00. The molecule has 3 aromatic heterocycles. The first-order valence-electron chi connectivity index (χ1n) is 9.57. The molecule has 1 amide bonds. The Morgan fingerprint density at radius 1 is 1.00 bits per heavy atom. The van der Waals surface area contributed by atoms with E-state index < -0.39 is 0 Å². The van der Waals surface area contributed by atoms with Crippen LogP contribution in [0.5, 0.6) is 0 Å². The first kappa shape index (κ1) is 18.4. The van der Waals surface area contributed by atoms with E-state index >= 15 is 0 Å². The number of nitrogens with zero attached hydrogens (tertiary/aromatic N) is 3. The molecule has 6 heteroatoms. The fourth-order valence-corrected chi connectivity index (χ4v) is 4.27. The minimum atomic E-state index is -0.128. The quantitative estimate of drug-likeness (QED) is 0.393. The molecule has 0 saturated heterocycles. The molecule has 5 nitrogen and oxygen atoms in total. The van der Waals surface area contributed by atoms with Gasteiger partial charge in [0.05, 0.1) is 16.8 Å². The molecule has 0 aliphatic heterocycles. The highest BCUT2D eigenvalue weighted by molar-refractivity contribution is 7.98. The number of benzene rings is 2. The number of amides is 1. The van der Waals surface area contributed by atoms with Crippen LogP contribution >= 0.6 is 11.8 Å². The summed E-state index contributed by atoms with van der Waals surface area (Å²) < 4.78 is 2.00. The number of imidazole rings is 1. The van der Waals surface area contributed by atoms with Gasteiger partial charge in [-0.3, -0.25) is 9.78 Å². The fraction of sp³-hybridized carbons (Fsp3) is 0.0417. The maximum Gasteiger partial charge on any atom is 0.256 e. The van der Waals surface area contributed by atoms with Crippen LogP contribution in [0.3, 0.4) is 0 Å². The molecule has 3 heterocycles. The van der Waals surface area contributed by atoms with Crippen molar-refractivity contribution in [3.05, 3.63) is 103 Å². The summed E-state index contributed by atoms with van der Waals surface area (Å²) in [6.45, 7) is 0. The van der Waals surface area contributed by atoms with Crippen molar-refractivity contribution in [3.63, 3.8) is 0 Å². The summed E-state index contributed by atoms with van der Waals surface area (Å²) >= 11 is 1.61. The van der Waals surface area contributed by atoms with Crippen molar-refractivity contribution in [2.75, 3.05) is 5.32 Å². The Balaban J connectivity index is 1.34. The number of carbonyl (C=O) groups excluding carboxylic acids is 1. The third-order valence-corrected chi connectivity index (χ3v) is 5.89. The molecule has 1 N–H and O–H groups in total. The number of anilines is 1. The second kappa shape index (κ2) is 8.00. The van der Waals surface area contributed by atoms with Crippen LogP contribution in [0.15, 0.2) is 96.3 Å². The maximum atomic E-state index is 13.0. The van der Waals surface area contributed by atoms with Crippen LogP contribution in [-0.2, 0) is 5.75 Å². The summed E-state index contributed by atoms with van der Waals surface area (Å²) in [7, 11) is 0. The van der Waals surface area contributed by atoms with Crippen molar-refractivity contribution in [2.45, 2.75) is 10.6 Å². The Hall–Kier alpha value is -3.64. The van der Waals surface area contributed by atoms with Gasteiger partial charge in [-0.1, -0.05) is 24.3 Å². The molecule has 5 aromatic rings. The van der Waals surface area contributed by atoms with Gasteiger partial charge in [-0.15, -0.1) is 11.8 Å². The largest absolute Gasteiger partial charge is 0.322 e. The number of pyridine rings is 2. The number of hydrogen-bond donors (Lipinski definition) is 1. The van der Waals surface area contributed by atoms with Gasteiger partial charge in [0.1, 0.15) is 5.65 Å². The normalized spacial score (nSPS) is 11.1. The highest BCUT2D eigenvalue weighted by Crippen LogP contribution is 2.27. The second-order valence-electron chi connectivity index (χ2n) is 6.85. The smallest absolute Gasteiger partial charge is 0.256 e. The van der Waals surface area contributed by atoms with Crippen molar-refractivity contribution >= 4 is 39.9 Å². The van der Waals surface area contributed by atoms with Gasteiger partial charge >= 0.3 is 0 Å². The minimum Gasteiger partial charge on any atom is -0.322 e. The lowest BCUT2D eigenvalue weighted by Gasteiger charge is -2.10. The van der Waals surface area contributed by atoms with Crippen molar-refractivity contribution in [2.24, 2.45) is 0 Å². The molecule has 30 heavy (non-hydrogen) atoms. The molecule has 0 saturated carbocycles. The van der Waals surface area contributed by atoms with E-state index in [-0.39, 0.29) is 5.91 Å². The van der Waals surface area contributed by atoms with Crippen LogP contribution in [0, 0.1) is 0 Å². The molecule has 0 aliphatic rings. The molecular formula is C24H18N4OS. The number of thioether (sulfide) groups is 1. The first-order valence-corrected chi connectivity index (χ1v) is 10.6. The maximum absolute atomic E-state index is 13.0. The summed E-state index contributed by atoms with van der Waals surface area (Å²) in [6.07, 6.45) is 5.77. The zero-order valence-corrected chi connectivity index (χ0v) is 16.8. The lowest BCUT2D eigenvalue weighted by molar-refractivity contribution is 0.102. The highest BCUT2D eigenvalue weighted by Gasteiger charge is 2.13. The Bertz CT molecular complexity index is 1330. The molecule has 0 spiro atoms. The zero-order chi connectivity index (χ0) is 20.3. The van der Waals surface area contributed by atoms with E-state index in [4.69, 9.17) is 0 Å². The standard InChI is InChI=1S/C24H18N4OS/c29-24(27-18-10-11-21-17(14-18)6-5-12-25-21)20-7-1-2-8-22(20)30-16-19-15-28-13-4-3-9-23(28)26-19/h1-15H,16H2,(H,27,29). The molecule has 0 fully saturated rings. The van der Waals surface area contributed by atoms with Crippen molar-refractivity contribution in [1.82, 2.24) is 14.4 Å². The molecule has 0 atom stereocenters. The monoisotopic (exact) mass is 410 g/mol. The number of rotatable bonds is 5. The van der Waals surface area contributed by atoms with Gasteiger partial charge in [0, 0.05) is 40.3 Å². The average molecular weight is 411 g/mol. The summed E-state index contributed by atoms with van der Waals surface area (Å²) in [5.74, 6) is 0.560. The number of fused-ring (bicyclic) bond motifs is 2. The molecule has 0 radical (unpaired) electrons. The van der Waals surface area contributed by atoms with Gasteiger partial charge in [-0.25, -0.2) is 4.98 Å². The fourth-order valence-electron chi connectivity index (χ4n) is 3.34. The topological polar surface area (TPSA) is 59.3 Å². The van der Waals surface area contributed by atoms with E-state index in [1.807, 2.05) is 89.6 Å². The van der Waals surface area contributed by atoms with Crippen LogP contribution in [0.25, 0.3) is 16.6 Å². The molecule has 0 aliphatic carbocycles. The van der Waals surface area contributed by atoms with Crippen LogP contribution in [0.4, 0.5) is 5.69 Å². The molecular weight excluding hydrogens is 392 g/mol. The predicted molar refractivity (Wildman–Crippen MR) is 121 cm³/mol. The van der Waals surface area contributed by atoms with Crippen LogP contribution in [0.1, 0.15) is 16.1 Å². The third kappa shape index (κ3) is 3.77. The Morgan fingerprint density at radius 2 is 1.90 bits per heavy atom. The molecule has 146 valence electrons. The molecule has 2 aromatic carbocycles. The minimum absolute atomic E-state index is 0.128. The SMILES string of the molecule is O=C(Nc1ccc2ncccc2c1)c1ccccc1SCc1cn2ccccc2n1.